The Kier molecular flexibility index (Phi) is 5.79. The van der Waals surface area contributed by atoms with Gasteiger partial charge in [-0.05, 0) is 25.7 Å². The van der Waals surface area contributed by atoms with Crippen LogP contribution in [0.5, 0.6) is 0 Å². The first-order valence-corrected chi connectivity index (χ1v) is 8.23. The smallest absolute Gasteiger partial charge is 0.0932 e. The van der Waals surface area contributed by atoms with Gasteiger partial charge < -0.3 is 10.1 Å². The molecule has 0 fully saturated rings. The zero-order valence-corrected chi connectivity index (χ0v) is 13.2. The van der Waals surface area contributed by atoms with Gasteiger partial charge in [0.25, 0.3) is 0 Å². The number of aromatic nitrogens is 1. The zero-order chi connectivity index (χ0) is 13.7. The molecule has 2 rings (SSSR count). The van der Waals surface area contributed by atoms with Crippen molar-refractivity contribution in [3.8, 4) is 0 Å². The third-order valence-electron chi connectivity index (χ3n) is 3.63. The molecule has 1 unspecified atom stereocenters. The van der Waals surface area contributed by atoms with E-state index in [1.54, 1.807) is 7.11 Å². The van der Waals surface area contributed by atoms with Crippen molar-refractivity contribution in [2.45, 2.75) is 57.9 Å². The molecule has 0 aromatic carbocycles. The van der Waals surface area contributed by atoms with Crippen molar-refractivity contribution >= 4 is 11.3 Å². The Balaban J connectivity index is 1.98. The van der Waals surface area contributed by atoms with Gasteiger partial charge in [0.05, 0.1) is 10.7 Å². The molecule has 1 N–H and O–H groups in total. The van der Waals surface area contributed by atoms with Crippen LogP contribution in [0.15, 0.2) is 0 Å². The number of methoxy groups -OCH3 is 1. The second-order valence-electron chi connectivity index (χ2n) is 5.66. The second-order valence-corrected chi connectivity index (χ2v) is 6.83. The Hall–Kier alpha value is -0.450. The van der Waals surface area contributed by atoms with Gasteiger partial charge in [0, 0.05) is 43.5 Å². The highest BCUT2D eigenvalue weighted by molar-refractivity contribution is 7.11. The predicted molar refractivity (Wildman–Crippen MR) is 81.1 cm³/mol. The molecule has 1 aromatic rings. The number of hydrogen-bond donors (Lipinski definition) is 1. The Morgan fingerprint density at radius 3 is 3.05 bits per heavy atom. The molecule has 0 aliphatic heterocycles. The summed E-state index contributed by atoms with van der Waals surface area (Å²) in [6.07, 6.45) is 5.98. The molecule has 19 heavy (non-hydrogen) atoms. The quantitative estimate of drug-likeness (QED) is 0.780. The Labute approximate surface area is 120 Å². The summed E-state index contributed by atoms with van der Waals surface area (Å²) >= 11 is 1.93. The first-order valence-electron chi connectivity index (χ1n) is 7.41. The number of fused-ring (bicyclic) bond motifs is 1. The van der Waals surface area contributed by atoms with Crippen LogP contribution in [0.4, 0.5) is 0 Å². The molecule has 0 spiro atoms. The minimum Gasteiger partial charge on any atom is -0.385 e. The molecule has 1 heterocycles. The van der Waals surface area contributed by atoms with Gasteiger partial charge in [-0.1, -0.05) is 13.8 Å². The minimum absolute atomic E-state index is 0.560. The third-order valence-corrected chi connectivity index (χ3v) is 4.82. The molecular weight excluding hydrogens is 256 g/mol. The average Bonchev–Trinajstić information content (AvgIpc) is 2.79. The van der Waals surface area contributed by atoms with Crippen molar-refractivity contribution in [3.05, 3.63) is 15.6 Å². The Morgan fingerprint density at radius 2 is 2.32 bits per heavy atom. The predicted octanol–water partition coefficient (Wildman–Crippen LogP) is 3.14. The maximum absolute atomic E-state index is 5.12. The maximum atomic E-state index is 5.12. The molecule has 1 atom stereocenters. The van der Waals surface area contributed by atoms with E-state index in [9.17, 15) is 0 Å². The number of nitrogens with zero attached hydrogens (tertiary/aromatic N) is 1. The summed E-state index contributed by atoms with van der Waals surface area (Å²) in [5, 5.41) is 4.87. The summed E-state index contributed by atoms with van der Waals surface area (Å²) in [6, 6.07) is 0.560. The molecule has 0 saturated carbocycles. The van der Waals surface area contributed by atoms with Gasteiger partial charge in [0.1, 0.15) is 0 Å². The van der Waals surface area contributed by atoms with Crippen LogP contribution in [0.1, 0.15) is 54.6 Å². The van der Waals surface area contributed by atoms with Crippen molar-refractivity contribution in [1.82, 2.24) is 10.3 Å². The van der Waals surface area contributed by atoms with Crippen LogP contribution in [-0.4, -0.2) is 31.3 Å². The van der Waals surface area contributed by atoms with Gasteiger partial charge in [-0.25, -0.2) is 4.98 Å². The largest absolute Gasteiger partial charge is 0.385 e. The van der Waals surface area contributed by atoms with Crippen LogP contribution < -0.4 is 5.32 Å². The lowest BCUT2D eigenvalue weighted by molar-refractivity contribution is 0.195. The number of thiazole rings is 1. The van der Waals surface area contributed by atoms with Crippen molar-refractivity contribution in [3.63, 3.8) is 0 Å². The van der Waals surface area contributed by atoms with Crippen LogP contribution in [0.2, 0.25) is 0 Å². The number of hydrogen-bond acceptors (Lipinski definition) is 4. The summed E-state index contributed by atoms with van der Waals surface area (Å²) in [5.41, 5.74) is 1.39. The van der Waals surface area contributed by atoms with E-state index in [4.69, 9.17) is 9.72 Å². The zero-order valence-electron chi connectivity index (χ0n) is 12.4. The van der Waals surface area contributed by atoms with Crippen LogP contribution in [0.25, 0.3) is 0 Å². The lowest BCUT2D eigenvalue weighted by atomic mass is 9.91. The van der Waals surface area contributed by atoms with Gasteiger partial charge in [-0.15, -0.1) is 11.3 Å². The molecule has 1 aromatic heterocycles. The van der Waals surface area contributed by atoms with E-state index in [0.29, 0.717) is 12.0 Å². The van der Waals surface area contributed by atoms with Gasteiger partial charge >= 0.3 is 0 Å². The minimum atomic E-state index is 0.560. The number of ether oxygens (including phenoxy) is 1. The number of aryl methyl sites for hydroxylation is 2. The molecule has 3 nitrogen and oxygen atoms in total. The van der Waals surface area contributed by atoms with Crippen molar-refractivity contribution < 1.29 is 4.74 Å². The average molecular weight is 282 g/mol. The molecular formula is C15H26N2OS. The number of nitrogens with one attached hydrogen (secondary N) is 1. The van der Waals surface area contributed by atoms with E-state index in [1.807, 2.05) is 11.3 Å². The van der Waals surface area contributed by atoms with Gasteiger partial charge in [-0.3, -0.25) is 0 Å². The normalized spacial score (nSPS) is 18.8. The van der Waals surface area contributed by atoms with Crippen LogP contribution >= 0.6 is 11.3 Å². The maximum Gasteiger partial charge on any atom is 0.0932 e. The Bertz CT molecular complexity index is 389. The fourth-order valence-corrected chi connectivity index (χ4v) is 3.85. The molecule has 0 saturated heterocycles. The molecule has 108 valence electrons. The lowest BCUT2D eigenvalue weighted by Crippen LogP contribution is -2.29. The van der Waals surface area contributed by atoms with E-state index in [-0.39, 0.29) is 0 Å². The fraction of sp³-hybridized carbons (Fsp3) is 0.800. The molecule has 0 radical (unpaired) electrons. The first-order chi connectivity index (χ1) is 9.20. The van der Waals surface area contributed by atoms with Crippen molar-refractivity contribution in [2.75, 3.05) is 20.3 Å². The van der Waals surface area contributed by atoms with E-state index in [0.717, 1.165) is 26.0 Å². The van der Waals surface area contributed by atoms with Crippen LogP contribution in [0, 0.1) is 0 Å². The highest BCUT2D eigenvalue weighted by atomic mass is 32.1. The SMILES string of the molecule is COCCCc1nc2c(s1)CCCC2CNC(C)C. The van der Waals surface area contributed by atoms with Gasteiger partial charge in [-0.2, -0.15) is 0 Å². The van der Waals surface area contributed by atoms with E-state index >= 15 is 0 Å². The molecule has 4 heteroatoms. The summed E-state index contributed by atoms with van der Waals surface area (Å²) in [4.78, 5) is 6.44. The standard InChI is InChI=1S/C15H26N2OS/c1-11(2)16-10-12-6-4-7-13-15(12)17-14(19-13)8-5-9-18-3/h11-12,16H,4-10H2,1-3H3. The van der Waals surface area contributed by atoms with Gasteiger partial charge in [0.15, 0.2) is 0 Å². The topological polar surface area (TPSA) is 34.1 Å². The monoisotopic (exact) mass is 282 g/mol. The van der Waals surface area contributed by atoms with E-state index in [2.05, 4.69) is 19.2 Å². The summed E-state index contributed by atoms with van der Waals surface area (Å²) < 4.78 is 5.12. The molecule has 1 aliphatic rings. The highest BCUT2D eigenvalue weighted by Gasteiger charge is 2.24. The van der Waals surface area contributed by atoms with Crippen LogP contribution in [0.3, 0.4) is 0 Å². The van der Waals surface area contributed by atoms with Crippen molar-refractivity contribution in [2.24, 2.45) is 0 Å². The molecule has 1 aliphatic carbocycles. The summed E-state index contributed by atoms with van der Waals surface area (Å²) in [7, 11) is 1.76. The number of rotatable bonds is 7. The van der Waals surface area contributed by atoms with Gasteiger partial charge in [0.2, 0.25) is 0 Å². The first kappa shape index (κ1) is 14.9. The Morgan fingerprint density at radius 1 is 1.47 bits per heavy atom. The fourth-order valence-electron chi connectivity index (χ4n) is 2.61. The summed E-state index contributed by atoms with van der Waals surface area (Å²) in [5.74, 6) is 0.624. The molecule has 0 bridgehead atoms. The van der Waals surface area contributed by atoms with Crippen molar-refractivity contribution in [1.29, 1.82) is 0 Å². The summed E-state index contributed by atoms with van der Waals surface area (Å²) in [6.45, 7) is 6.33. The third kappa shape index (κ3) is 4.26. The second kappa shape index (κ2) is 7.36. The molecule has 0 amide bonds. The van der Waals surface area contributed by atoms with E-state index in [1.165, 1.54) is 34.8 Å². The van der Waals surface area contributed by atoms with Crippen LogP contribution in [-0.2, 0) is 17.6 Å². The highest BCUT2D eigenvalue weighted by Crippen LogP contribution is 2.34. The lowest BCUT2D eigenvalue weighted by Gasteiger charge is -2.22. The van der Waals surface area contributed by atoms with E-state index < -0.39 is 0 Å².